The number of ether oxygens (including phenoxy) is 1. The Morgan fingerprint density at radius 3 is 2.53 bits per heavy atom. The van der Waals surface area contributed by atoms with Crippen LogP contribution in [0.3, 0.4) is 0 Å². The van der Waals surface area contributed by atoms with Crippen molar-refractivity contribution in [2.75, 3.05) is 16.0 Å². The molecule has 5 rings (SSSR count). The number of amides is 2. The van der Waals surface area contributed by atoms with Crippen molar-refractivity contribution < 1.29 is 18.7 Å². The second-order valence-electron chi connectivity index (χ2n) is 8.54. The van der Waals surface area contributed by atoms with Crippen LogP contribution in [0.25, 0.3) is 10.9 Å². The lowest BCUT2D eigenvalue weighted by Gasteiger charge is -2.30. The molecule has 2 amide bonds. The van der Waals surface area contributed by atoms with Crippen LogP contribution < -0.4 is 20.7 Å². The van der Waals surface area contributed by atoms with Crippen LogP contribution in [0.15, 0.2) is 91.1 Å². The third-order valence-electron chi connectivity index (χ3n) is 6.00. The lowest BCUT2D eigenvalue weighted by molar-refractivity contribution is -0.132. The van der Waals surface area contributed by atoms with Gasteiger partial charge in [0.1, 0.15) is 29.1 Å². The number of hydrogen-bond donors (Lipinski definition) is 2. The highest BCUT2D eigenvalue weighted by atomic mass is 19.1. The molecule has 1 aromatic heterocycles. The standard InChI is InChI=1S/C28H23FN4O3/c1-17-14-15-33(20-10-6-18(29)7-11-20)28(35)26(17)27(34)31-19-8-12-21(13-9-19)36-24-16-25(30)32-23-5-3-2-4-22(23)24/h2-17,26H,1H3,(H2,30,32)(H,31,34). The topological polar surface area (TPSA) is 97.5 Å². The predicted molar refractivity (Wildman–Crippen MR) is 137 cm³/mol. The molecular weight excluding hydrogens is 459 g/mol. The number of carbonyl (C=O) groups is 2. The molecule has 180 valence electrons. The van der Waals surface area contributed by atoms with Gasteiger partial charge in [-0.2, -0.15) is 0 Å². The molecule has 0 bridgehead atoms. The van der Waals surface area contributed by atoms with Crippen LogP contribution in [0.1, 0.15) is 6.92 Å². The van der Waals surface area contributed by atoms with Crippen LogP contribution in [-0.4, -0.2) is 16.8 Å². The number of pyridine rings is 1. The molecule has 2 unspecified atom stereocenters. The highest BCUT2D eigenvalue weighted by Gasteiger charge is 2.37. The lowest BCUT2D eigenvalue weighted by atomic mass is 9.89. The van der Waals surface area contributed by atoms with E-state index in [-0.39, 0.29) is 11.8 Å². The number of hydrogen-bond acceptors (Lipinski definition) is 5. The molecule has 0 saturated carbocycles. The molecule has 2 heterocycles. The van der Waals surface area contributed by atoms with E-state index >= 15 is 0 Å². The normalized spacial score (nSPS) is 17.3. The Balaban J connectivity index is 1.30. The summed E-state index contributed by atoms with van der Waals surface area (Å²) in [6.07, 6.45) is 3.41. The van der Waals surface area contributed by atoms with E-state index < -0.39 is 17.6 Å². The molecule has 0 saturated heterocycles. The lowest BCUT2D eigenvalue weighted by Crippen LogP contribution is -2.44. The SMILES string of the molecule is CC1C=CN(c2ccc(F)cc2)C(=O)C1C(=O)Nc1ccc(Oc2cc(N)nc3ccccc23)cc1. The summed E-state index contributed by atoms with van der Waals surface area (Å²) < 4.78 is 19.3. The van der Waals surface area contributed by atoms with Gasteiger partial charge in [0.15, 0.2) is 0 Å². The Kier molecular flexibility index (Phi) is 6.08. The number of nitrogen functional groups attached to an aromatic ring is 1. The van der Waals surface area contributed by atoms with Gasteiger partial charge in [-0.25, -0.2) is 9.37 Å². The number of carbonyl (C=O) groups excluding carboxylic acids is 2. The monoisotopic (exact) mass is 482 g/mol. The molecule has 3 N–H and O–H groups in total. The van der Waals surface area contributed by atoms with Crippen LogP contribution in [0, 0.1) is 17.7 Å². The van der Waals surface area contributed by atoms with Crippen LogP contribution in [0.4, 0.5) is 21.6 Å². The van der Waals surface area contributed by atoms with Crippen LogP contribution in [-0.2, 0) is 9.59 Å². The molecule has 0 aliphatic carbocycles. The van der Waals surface area contributed by atoms with Gasteiger partial charge in [-0.1, -0.05) is 25.1 Å². The number of rotatable bonds is 5. The van der Waals surface area contributed by atoms with E-state index in [2.05, 4.69) is 10.3 Å². The summed E-state index contributed by atoms with van der Waals surface area (Å²) in [5.74, 6) is -0.961. The Morgan fingerprint density at radius 1 is 1.06 bits per heavy atom. The minimum atomic E-state index is -0.929. The maximum absolute atomic E-state index is 13.3. The first kappa shape index (κ1) is 23.0. The third kappa shape index (κ3) is 4.61. The number of halogens is 1. The largest absolute Gasteiger partial charge is 0.457 e. The van der Waals surface area contributed by atoms with Crippen molar-refractivity contribution in [3.05, 3.63) is 97.0 Å². The number of nitrogens with two attached hydrogens (primary N) is 1. The van der Waals surface area contributed by atoms with Crippen molar-refractivity contribution in [2.45, 2.75) is 6.92 Å². The minimum absolute atomic E-state index is 0.303. The van der Waals surface area contributed by atoms with Crippen molar-refractivity contribution in [2.24, 2.45) is 11.8 Å². The zero-order valence-corrected chi connectivity index (χ0v) is 19.4. The summed E-state index contributed by atoms with van der Waals surface area (Å²) in [6, 6.07) is 21.6. The van der Waals surface area contributed by atoms with Gasteiger partial charge < -0.3 is 15.8 Å². The Morgan fingerprint density at radius 2 is 1.78 bits per heavy atom. The van der Waals surface area contributed by atoms with Crippen LogP contribution in [0.5, 0.6) is 11.5 Å². The molecule has 0 spiro atoms. The highest BCUT2D eigenvalue weighted by Crippen LogP contribution is 2.32. The average molecular weight is 483 g/mol. The van der Waals surface area contributed by atoms with E-state index in [9.17, 15) is 14.0 Å². The molecule has 7 nitrogen and oxygen atoms in total. The molecule has 2 atom stereocenters. The smallest absolute Gasteiger partial charge is 0.244 e. The van der Waals surface area contributed by atoms with Crippen molar-refractivity contribution in [1.29, 1.82) is 0 Å². The Labute approximate surface area is 207 Å². The van der Waals surface area contributed by atoms with Gasteiger partial charge in [-0.15, -0.1) is 0 Å². The molecule has 1 aliphatic heterocycles. The summed E-state index contributed by atoms with van der Waals surface area (Å²) in [4.78, 5) is 31.9. The van der Waals surface area contributed by atoms with Gasteiger partial charge in [0.2, 0.25) is 11.8 Å². The number of nitrogens with zero attached hydrogens (tertiary/aromatic N) is 2. The number of benzene rings is 3. The first-order valence-corrected chi connectivity index (χ1v) is 11.4. The fourth-order valence-electron chi connectivity index (χ4n) is 4.15. The summed E-state index contributed by atoms with van der Waals surface area (Å²) in [5.41, 5.74) is 7.66. The van der Waals surface area contributed by atoms with Gasteiger partial charge in [-0.3, -0.25) is 14.5 Å². The first-order chi connectivity index (χ1) is 17.4. The number of aromatic nitrogens is 1. The molecular formula is C28H23FN4O3. The molecule has 0 fully saturated rings. The van der Waals surface area contributed by atoms with E-state index in [0.717, 1.165) is 10.9 Å². The van der Waals surface area contributed by atoms with E-state index in [4.69, 9.17) is 10.5 Å². The second-order valence-corrected chi connectivity index (χ2v) is 8.54. The summed E-state index contributed by atoms with van der Waals surface area (Å²) in [5, 5.41) is 3.64. The fourth-order valence-corrected chi connectivity index (χ4v) is 4.15. The van der Waals surface area contributed by atoms with Gasteiger partial charge in [0.05, 0.1) is 5.52 Å². The average Bonchev–Trinajstić information content (AvgIpc) is 2.86. The van der Waals surface area contributed by atoms with Crippen LogP contribution >= 0.6 is 0 Å². The maximum Gasteiger partial charge on any atom is 0.244 e. The quantitative estimate of drug-likeness (QED) is 0.366. The van der Waals surface area contributed by atoms with Gasteiger partial charge in [0.25, 0.3) is 0 Å². The van der Waals surface area contributed by atoms with Crippen molar-refractivity contribution in [1.82, 2.24) is 4.98 Å². The third-order valence-corrected chi connectivity index (χ3v) is 6.00. The van der Waals surface area contributed by atoms with Gasteiger partial charge >= 0.3 is 0 Å². The number of para-hydroxylation sites is 1. The van der Waals surface area contributed by atoms with Crippen LogP contribution in [0.2, 0.25) is 0 Å². The maximum atomic E-state index is 13.3. The number of anilines is 3. The van der Waals surface area contributed by atoms with Crippen molar-refractivity contribution in [3.63, 3.8) is 0 Å². The zero-order valence-electron chi connectivity index (χ0n) is 19.4. The highest BCUT2D eigenvalue weighted by molar-refractivity contribution is 6.13. The number of nitrogens with one attached hydrogen (secondary N) is 1. The number of fused-ring (bicyclic) bond motifs is 1. The molecule has 8 heteroatoms. The summed E-state index contributed by atoms with van der Waals surface area (Å²) >= 11 is 0. The summed E-state index contributed by atoms with van der Waals surface area (Å²) in [7, 11) is 0. The molecule has 0 radical (unpaired) electrons. The molecule has 3 aromatic carbocycles. The van der Waals surface area contributed by atoms with E-state index in [1.807, 2.05) is 31.2 Å². The second kappa shape index (κ2) is 9.50. The van der Waals surface area contributed by atoms with E-state index in [0.29, 0.717) is 28.7 Å². The molecule has 4 aromatic rings. The first-order valence-electron chi connectivity index (χ1n) is 11.4. The van der Waals surface area contributed by atoms with Gasteiger partial charge in [-0.05, 0) is 66.6 Å². The Hall–Kier alpha value is -4.72. The predicted octanol–water partition coefficient (Wildman–Crippen LogP) is 5.50. The van der Waals surface area contributed by atoms with E-state index in [1.165, 1.54) is 29.2 Å². The zero-order chi connectivity index (χ0) is 25.2. The molecule has 1 aliphatic rings. The van der Waals surface area contributed by atoms with Crippen molar-refractivity contribution in [3.8, 4) is 11.5 Å². The number of allylic oxidation sites excluding steroid dienone is 1. The van der Waals surface area contributed by atoms with Crippen molar-refractivity contribution >= 4 is 39.9 Å². The fraction of sp³-hybridized carbons (Fsp3) is 0.107. The molecule has 36 heavy (non-hydrogen) atoms. The van der Waals surface area contributed by atoms with Gasteiger partial charge in [0, 0.05) is 29.0 Å². The minimum Gasteiger partial charge on any atom is -0.457 e. The Bertz CT molecular complexity index is 1470. The summed E-state index contributed by atoms with van der Waals surface area (Å²) in [6.45, 7) is 1.81. The van der Waals surface area contributed by atoms with E-state index in [1.54, 1.807) is 42.6 Å².